The van der Waals surface area contributed by atoms with E-state index in [9.17, 15) is 23.0 Å². The van der Waals surface area contributed by atoms with Gasteiger partial charge in [0.1, 0.15) is 11.9 Å². The van der Waals surface area contributed by atoms with E-state index in [-0.39, 0.29) is 12.2 Å². The fraction of sp³-hybridized carbons (Fsp3) is 0.400. The number of hydrogen-bond donors (Lipinski definition) is 5. The standard InChI is InChI=1S/C10H16FN4O10P3/c1-6(4-7-2-3-8-9(12)13-10(11)14-15(7)8)23-5-26(16,17)24-28(21,22)25-27(18,19)20/h2-3,6H,4-5H2,1H3,(H,16,17)(H,21,22)(H2,12,13,14)(H2,18,19,20). The molecule has 0 aromatic carbocycles. The Hall–Kier alpha value is -1.24. The van der Waals surface area contributed by atoms with Crippen LogP contribution in [-0.2, 0) is 33.5 Å². The fourth-order valence-corrected chi connectivity index (χ4v) is 5.49. The lowest BCUT2D eigenvalue weighted by Crippen LogP contribution is -2.16. The zero-order chi connectivity index (χ0) is 21.3. The number of phosphoric acid groups is 2. The van der Waals surface area contributed by atoms with Crippen LogP contribution in [0.15, 0.2) is 12.1 Å². The van der Waals surface area contributed by atoms with E-state index in [1.165, 1.54) is 17.5 Å². The van der Waals surface area contributed by atoms with Gasteiger partial charge in [0.15, 0.2) is 5.82 Å². The molecule has 2 aromatic heterocycles. The molecule has 158 valence electrons. The summed E-state index contributed by atoms with van der Waals surface area (Å²) in [7, 11) is -15.9. The first-order valence-corrected chi connectivity index (χ1v) is 12.0. The first kappa shape index (κ1) is 23.0. The van der Waals surface area contributed by atoms with Crippen molar-refractivity contribution in [1.82, 2.24) is 14.6 Å². The number of hydrogen-bond acceptors (Lipinski definition) is 9. The van der Waals surface area contributed by atoms with Crippen LogP contribution in [0.5, 0.6) is 0 Å². The van der Waals surface area contributed by atoms with Crippen LogP contribution in [0.3, 0.4) is 0 Å². The highest BCUT2D eigenvalue weighted by molar-refractivity contribution is 7.68. The Morgan fingerprint density at radius 2 is 1.86 bits per heavy atom. The Labute approximate surface area is 156 Å². The average Bonchev–Trinajstić information content (AvgIpc) is 2.84. The maximum absolute atomic E-state index is 13.3. The predicted octanol–water partition coefficient (Wildman–Crippen LogP) is 0.767. The monoisotopic (exact) mass is 464 g/mol. The lowest BCUT2D eigenvalue weighted by Gasteiger charge is -2.18. The maximum atomic E-state index is 13.3. The van der Waals surface area contributed by atoms with Gasteiger partial charge in [0.05, 0.1) is 6.10 Å². The minimum absolute atomic E-state index is 0.0554. The van der Waals surface area contributed by atoms with Crippen LogP contribution in [0.25, 0.3) is 5.52 Å². The SMILES string of the molecule is CC(Cc1ccc2c(N)nc(F)nn12)OCP(=O)(O)OP(=O)(O)OP(=O)(O)O. The van der Waals surface area contributed by atoms with Crippen molar-refractivity contribution in [3.8, 4) is 0 Å². The molecule has 6 N–H and O–H groups in total. The molecule has 0 aliphatic carbocycles. The van der Waals surface area contributed by atoms with Crippen LogP contribution in [-0.4, -0.2) is 46.6 Å². The Kier molecular flexibility index (Phi) is 6.79. The molecular weight excluding hydrogens is 448 g/mol. The third-order valence-electron chi connectivity index (χ3n) is 3.05. The summed E-state index contributed by atoms with van der Waals surface area (Å²) in [4.78, 5) is 38.9. The summed E-state index contributed by atoms with van der Waals surface area (Å²) in [6.45, 7) is 1.46. The number of halogens is 1. The number of nitrogens with zero attached hydrogens (tertiary/aromatic N) is 3. The van der Waals surface area contributed by atoms with Gasteiger partial charge in [-0.05, 0) is 19.1 Å². The second kappa shape index (κ2) is 8.25. The number of rotatable bonds is 9. The molecular formula is C10H16FN4O10P3. The Balaban J connectivity index is 2.00. The number of anilines is 1. The van der Waals surface area contributed by atoms with E-state index in [1.54, 1.807) is 6.07 Å². The minimum atomic E-state index is -5.53. The third-order valence-corrected chi connectivity index (χ3v) is 7.05. The van der Waals surface area contributed by atoms with Crippen molar-refractivity contribution >= 4 is 34.6 Å². The molecule has 28 heavy (non-hydrogen) atoms. The lowest BCUT2D eigenvalue weighted by atomic mass is 10.2. The average molecular weight is 464 g/mol. The summed E-state index contributed by atoms with van der Waals surface area (Å²) in [5, 5.41) is 3.56. The Morgan fingerprint density at radius 1 is 1.21 bits per heavy atom. The van der Waals surface area contributed by atoms with Crippen LogP contribution in [0.4, 0.5) is 10.2 Å². The summed E-state index contributed by atoms with van der Waals surface area (Å²) >= 11 is 0. The minimum Gasteiger partial charge on any atom is -0.382 e. The molecule has 3 atom stereocenters. The van der Waals surface area contributed by atoms with E-state index in [0.717, 1.165) is 0 Å². The molecule has 0 radical (unpaired) electrons. The van der Waals surface area contributed by atoms with Gasteiger partial charge in [0, 0.05) is 12.1 Å². The molecule has 18 heteroatoms. The molecule has 14 nitrogen and oxygen atoms in total. The van der Waals surface area contributed by atoms with E-state index >= 15 is 0 Å². The smallest absolute Gasteiger partial charge is 0.382 e. The summed E-state index contributed by atoms with van der Waals surface area (Å²) in [5.74, 6) is -0.0932. The van der Waals surface area contributed by atoms with E-state index in [1.807, 2.05) is 0 Å². The van der Waals surface area contributed by atoms with Crippen LogP contribution in [0.2, 0.25) is 0 Å². The Bertz CT molecular complexity index is 1010. The summed E-state index contributed by atoms with van der Waals surface area (Å²) in [6.07, 6.45) is -2.90. The van der Waals surface area contributed by atoms with Gasteiger partial charge in [-0.15, -0.1) is 5.10 Å². The number of fused-ring (bicyclic) bond motifs is 1. The van der Waals surface area contributed by atoms with Crippen LogP contribution in [0.1, 0.15) is 12.6 Å². The molecule has 0 saturated heterocycles. The molecule has 2 heterocycles. The highest BCUT2D eigenvalue weighted by Crippen LogP contribution is 2.65. The largest absolute Gasteiger partial charge is 0.488 e. The number of nitrogen functional groups attached to an aromatic ring is 1. The van der Waals surface area contributed by atoms with Gasteiger partial charge in [-0.3, -0.25) is 4.57 Å². The second-order valence-corrected chi connectivity index (χ2v) is 10.2. The molecule has 2 aromatic rings. The molecule has 0 saturated carbocycles. The highest BCUT2D eigenvalue weighted by Gasteiger charge is 2.39. The quantitative estimate of drug-likeness (QED) is 0.324. The number of nitrogens with two attached hydrogens (primary N) is 1. The molecule has 0 aliphatic rings. The van der Waals surface area contributed by atoms with E-state index < -0.39 is 41.8 Å². The third kappa shape index (κ3) is 6.68. The van der Waals surface area contributed by atoms with Gasteiger partial charge in [-0.25, -0.2) is 18.0 Å². The first-order valence-electron chi connectivity index (χ1n) is 7.21. The van der Waals surface area contributed by atoms with Crippen LogP contribution < -0.4 is 5.73 Å². The lowest BCUT2D eigenvalue weighted by molar-refractivity contribution is 0.0867. The summed E-state index contributed by atoms with van der Waals surface area (Å²) < 4.78 is 60.5. The molecule has 0 aliphatic heterocycles. The maximum Gasteiger partial charge on any atom is 0.488 e. The zero-order valence-corrected chi connectivity index (χ0v) is 16.7. The van der Waals surface area contributed by atoms with Gasteiger partial charge >= 0.3 is 29.3 Å². The fourth-order valence-electron chi connectivity index (χ4n) is 2.11. The Morgan fingerprint density at radius 3 is 2.46 bits per heavy atom. The zero-order valence-electron chi connectivity index (χ0n) is 14.0. The van der Waals surface area contributed by atoms with Crippen molar-refractivity contribution in [1.29, 1.82) is 0 Å². The van der Waals surface area contributed by atoms with Crippen LogP contribution >= 0.6 is 23.2 Å². The topological polar surface area (TPSA) is 216 Å². The molecule has 2 rings (SSSR count). The van der Waals surface area contributed by atoms with Crippen molar-refractivity contribution in [2.45, 2.75) is 19.4 Å². The van der Waals surface area contributed by atoms with Crippen molar-refractivity contribution < 1.29 is 51.0 Å². The second-order valence-electron chi connectivity index (χ2n) is 5.46. The number of aromatic nitrogens is 3. The molecule has 3 unspecified atom stereocenters. The first-order chi connectivity index (χ1) is 12.7. The van der Waals surface area contributed by atoms with Gasteiger partial charge in [-0.1, -0.05) is 0 Å². The number of ether oxygens (including phenoxy) is 1. The van der Waals surface area contributed by atoms with Crippen molar-refractivity contribution in [3.63, 3.8) is 0 Å². The molecule has 0 amide bonds. The van der Waals surface area contributed by atoms with Gasteiger partial charge in [0.2, 0.25) is 0 Å². The molecule has 0 bridgehead atoms. The normalized spacial score (nSPS) is 17.9. The summed E-state index contributed by atoms with van der Waals surface area (Å²) in [6, 6.07) is 3.07. The van der Waals surface area contributed by atoms with E-state index in [2.05, 4.69) is 18.7 Å². The van der Waals surface area contributed by atoms with Gasteiger partial charge in [-0.2, -0.15) is 13.7 Å². The summed E-state index contributed by atoms with van der Waals surface area (Å²) in [5.41, 5.74) is 6.32. The highest BCUT2D eigenvalue weighted by atomic mass is 31.3. The van der Waals surface area contributed by atoms with Gasteiger partial charge in [0.25, 0.3) is 0 Å². The molecule has 0 fully saturated rings. The molecule has 0 spiro atoms. The van der Waals surface area contributed by atoms with Gasteiger partial charge < -0.3 is 30.0 Å². The van der Waals surface area contributed by atoms with Crippen molar-refractivity contribution in [2.75, 3.05) is 12.1 Å². The van der Waals surface area contributed by atoms with E-state index in [0.29, 0.717) is 11.2 Å². The van der Waals surface area contributed by atoms with E-state index in [4.69, 9.17) is 25.2 Å². The van der Waals surface area contributed by atoms with Crippen molar-refractivity contribution in [2.24, 2.45) is 0 Å². The predicted molar refractivity (Wildman–Crippen MR) is 90.3 cm³/mol. The van der Waals surface area contributed by atoms with Crippen LogP contribution in [0, 0.1) is 6.08 Å². The van der Waals surface area contributed by atoms with Crippen molar-refractivity contribution in [3.05, 3.63) is 23.9 Å².